The Morgan fingerprint density at radius 3 is 1.62 bits per heavy atom. The molecule has 2 heterocycles. The number of rotatable bonds is 0. The third kappa shape index (κ3) is 2.97. The van der Waals surface area contributed by atoms with Crippen molar-refractivity contribution in [1.82, 2.24) is 9.97 Å². The van der Waals surface area contributed by atoms with E-state index in [-0.39, 0.29) is 0 Å². The number of hydrogen-bond acceptors (Lipinski definition) is 2. The van der Waals surface area contributed by atoms with E-state index in [9.17, 15) is 0 Å². The van der Waals surface area contributed by atoms with Gasteiger partial charge in [0.1, 0.15) is 0 Å². The van der Waals surface area contributed by atoms with Gasteiger partial charge in [0.15, 0.2) is 0 Å². The summed E-state index contributed by atoms with van der Waals surface area (Å²) >= 11 is 0. The molecule has 2 nitrogen and oxygen atoms in total. The molecule has 0 fully saturated rings. The molecule has 0 spiro atoms. The number of nitrogens with zero attached hydrogens (tertiary/aromatic N) is 2. The molecule has 74 valence electrons. The van der Waals surface area contributed by atoms with E-state index in [0.717, 1.165) is 11.1 Å². The van der Waals surface area contributed by atoms with E-state index in [1.54, 1.807) is 24.8 Å². The first-order chi connectivity index (χ1) is 7.95. The van der Waals surface area contributed by atoms with Gasteiger partial charge < -0.3 is 0 Å². The molecule has 0 aliphatic carbocycles. The summed E-state index contributed by atoms with van der Waals surface area (Å²) in [6.07, 6.45) is 6.84. The Labute approximate surface area is 94.4 Å². The number of hydrogen-bond donors (Lipinski definition) is 0. The minimum atomic E-state index is 0.864. The summed E-state index contributed by atoms with van der Waals surface area (Å²) in [6.45, 7) is 0. The lowest BCUT2D eigenvalue weighted by atomic mass is 10.3. The predicted octanol–water partition coefficient (Wildman–Crippen LogP) is 1.88. The molecule has 0 radical (unpaired) electrons. The fourth-order valence-corrected chi connectivity index (χ4v) is 1.08. The maximum Gasteiger partial charge on any atom is 0.0439 e. The van der Waals surface area contributed by atoms with Crippen molar-refractivity contribution in [2.75, 3.05) is 0 Å². The van der Waals surface area contributed by atoms with Gasteiger partial charge in [0.2, 0.25) is 0 Å². The van der Waals surface area contributed by atoms with Gasteiger partial charge in [-0.25, -0.2) is 0 Å². The molecule has 16 heavy (non-hydrogen) atoms. The van der Waals surface area contributed by atoms with Crippen LogP contribution in [0.5, 0.6) is 0 Å². The van der Waals surface area contributed by atoms with Crippen molar-refractivity contribution in [3.8, 4) is 23.7 Å². The summed E-state index contributed by atoms with van der Waals surface area (Å²) in [5, 5.41) is 0. The first kappa shape index (κ1) is 9.96. The Hall–Kier alpha value is -2.58. The smallest absolute Gasteiger partial charge is 0.0439 e. The largest absolute Gasteiger partial charge is 0.263 e. The highest BCUT2D eigenvalue weighted by molar-refractivity contribution is 5.42. The van der Waals surface area contributed by atoms with Crippen LogP contribution in [0.3, 0.4) is 0 Å². The standard InChI is InChI=1S/C14H8N2/c1(5-13-7-3-9-15-11-13)2-6-14-8-4-10-16-12-14/h3-4,7-12H. The molecule has 2 aromatic heterocycles. The van der Waals surface area contributed by atoms with E-state index in [1.807, 2.05) is 24.3 Å². The van der Waals surface area contributed by atoms with Gasteiger partial charge in [-0.2, -0.15) is 0 Å². The zero-order chi connectivity index (χ0) is 11.1. The second-order valence-electron chi connectivity index (χ2n) is 2.98. The third-order valence-corrected chi connectivity index (χ3v) is 1.80. The van der Waals surface area contributed by atoms with Gasteiger partial charge in [0.25, 0.3) is 0 Å². The highest BCUT2D eigenvalue weighted by Gasteiger charge is 1.82. The van der Waals surface area contributed by atoms with Crippen LogP contribution in [0.1, 0.15) is 11.1 Å². The van der Waals surface area contributed by atoms with Gasteiger partial charge in [-0.15, -0.1) is 0 Å². The number of aromatic nitrogens is 2. The topological polar surface area (TPSA) is 25.8 Å². The third-order valence-electron chi connectivity index (χ3n) is 1.80. The molecule has 0 amide bonds. The van der Waals surface area contributed by atoms with E-state index in [4.69, 9.17) is 0 Å². The zero-order valence-electron chi connectivity index (χ0n) is 8.51. The summed E-state index contributed by atoms with van der Waals surface area (Å²) in [6, 6.07) is 7.48. The minimum Gasteiger partial charge on any atom is -0.263 e. The summed E-state index contributed by atoms with van der Waals surface area (Å²) < 4.78 is 0. The van der Waals surface area contributed by atoms with Gasteiger partial charge in [-0.3, -0.25) is 9.97 Å². The molecule has 2 aromatic rings. The van der Waals surface area contributed by atoms with Crippen molar-refractivity contribution in [2.45, 2.75) is 0 Å². The van der Waals surface area contributed by atoms with Crippen molar-refractivity contribution in [2.24, 2.45) is 0 Å². The van der Waals surface area contributed by atoms with Gasteiger partial charge in [-0.05, 0) is 36.1 Å². The quantitative estimate of drug-likeness (QED) is 0.612. The Kier molecular flexibility index (Phi) is 3.32. The molecule has 0 aliphatic heterocycles. The van der Waals surface area contributed by atoms with Crippen LogP contribution in [0.25, 0.3) is 0 Å². The Balaban J connectivity index is 2.09. The Morgan fingerprint density at radius 2 is 1.25 bits per heavy atom. The molecule has 0 bridgehead atoms. The van der Waals surface area contributed by atoms with Crippen molar-refractivity contribution >= 4 is 0 Å². The van der Waals surface area contributed by atoms with E-state index in [0.29, 0.717) is 0 Å². The van der Waals surface area contributed by atoms with Gasteiger partial charge in [0.05, 0.1) is 0 Å². The van der Waals surface area contributed by atoms with E-state index in [2.05, 4.69) is 33.6 Å². The molecule has 0 saturated carbocycles. The highest BCUT2D eigenvalue weighted by Crippen LogP contribution is 1.92. The zero-order valence-corrected chi connectivity index (χ0v) is 8.51. The first-order valence-electron chi connectivity index (χ1n) is 4.77. The fraction of sp³-hybridized carbons (Fsp3) is 0. The maximum absolute atomic E-state index is 3.96. The van der Waals surface area contributed by atoms with Crippen LogP contribution in [0, 0.1) is 23.7 Å². The number of pyridine rings is 2. The molecular weight excluding hydrogens is 196 g/mol. The van der Waals surface area contributed by atoms with Crippen LogP contribution in [0.2, 0.25) is 0 Å². The monoisotopic (exact) mass is 204 g/mol. The molecule has 0 aliphatic rings. The maximum atomic E-state index is 3.96. The summed E-state index contributed by atoms with van der Waals surface area (Å²) in [5.41, 5.74) is 1.73. The fourth-order valence-electron chi connectivity index (χ4n) is 1.08. The van der Waals surface area contributed by atoms with Crippen LogP contribution in [0.15, 0.2) is 49.1 Å². The van der Waals surface area contributed by atoms with Crippen molar-refractivity contribution < 1.29 is 0 Å². The summed E-state index contributed by atoms with van der Waals surface area (Å²) in [7, 11) is 0. The summed E-state index contributed by atoms with van der Waals surface area (Å²) in [4.78, 5) is 7.92. The first-order valence-corrected chi connectivity index (χ1v) is 4.77. The average molecular weight is 204 g/mol. The molecule has 0 unspecified atom stereocenters. The lowest BCUT2D eigenvalue weighted by Crippen LogP contribution is -1.75. The minimum absolute atomic E-state index is 0.864. The molecule has 0 atom stereocenters. The van der Waals surface area contributed by atoms with Crippen LogP contribution in [-0.2, 0) is 0 Å². The molecule has 2 rings (SSSR count). The van der Waals surface area contributed by atoms with Crippen LogP contribution < -0.4 is 0 Å². The molecule has 0 saturated heterocycles. The lowest BCUT2D eigenvalue weighted by molar-refractivity contribution is 1.31. The SMILES string of the molecule is C(C#Cc1cccnc1)#Cc1cccnc1. The van der Waals surface area contributed by atoms with Crippen molar-refractivity contribution in [3.05, 3.63) is 60.2 Å². The van der Waals surface area contributed by atoms with Crippen LogP contribution >= 0.6 is 0 Å². The van der Waals surface area contributed by atoms with Crippen LogP contribution in [0.4, 0.5) is 0 Å². The molecule has 2 heteroatoms. The molecule has 0 N–H and O–H groups in total. The van der Waals surface area contributed by atoms with Crippen molar-refractivity contribution in [1.29, 1.82) is 0 Å². The Bertz CT molecular complexity index is 511. The van der Waals surface area contributed by atoms with E-state index in [1.165, 1.54) is 0 Å². The lowest BCUT2D eigenvalue weighted by Gasteiger charge is -1.84. The Morgan fingerprint density at radius 1 is 0.750 bits per heavy atom. The summed E-state index contributed by atoms with van der Waals surface area (Å²) in [5.74, 6) is 11.4. The highest BCUT2D eigenvalue weighted by atomic mass is 14.6. The van der Waals surface area contributed by atoms with Crippen molar-refractivity contribution in [3.63, 3.8) is 0 Å². The van der Waals surface area contributed by atoms with E-state index >= 15 is 0 Å². The second kappa shape index (κ2) is 5.34. The average Bonchev–Trinajstić information content (AvgIpc) is 2.37. The molecular formula is C14H8N2. The van der Waals surface area contributed by atoms with Gasteiger partial charge in [-0.1, -0.05) is 11.8 Å². The van der Waals surface area contributed by atoms with E-state index < -0.39 is 0 Å². The second-order valence-corrected chi connectivity index (χ2v) is 2.98. The predicted molar refractivity (Wildman–Crippen MR) is 62.2 cm³/mol. The molecule has 0 aromatic carbocycles. The normalized spacial score (nSPS) is 8.25. The van der Waals surface area contributed by atoms with Gasteiger partial charge in [0, 0.05) is 35.9 Å². The van der Waals surface area contributed by atoms with Gasteiger partial charge >= 0.3 is 0 Å². The van der Waals surface area contributed by atoms with Crippen LogP contribution in [-0.4, -0.2) is 9.97 Å².